The number of rotatable bonds is 4. The Kier molecular flexibility index (Phi) is 4.55. The van der Waals surface area contributed by atoms with Crippen molar-refractivity contribution in [1.82, 2.24) is 0 Å². The van der Waals surface area contributed by atoms with Crippen LogP contribution in [-0.4, -0.2) is 12.5 Å². The van der Waals surface area contributed by atoms with Crippen molar-refractivity contribution in [3.63, 3.8) is 0 Å². The fourth-order valence-electron chi connectivity index (χ4n) is 2.94. The Labute approximate surface area is 133 Å². The van der Waals surface area contributed by atoms with Crippen LogP contribution in [0.1, 0.15) is 34.3 Å². The van der Waals surface area contributed by atoms with Crippen molar-refractivity contribution in [3.8, 4) is 5.75 Å². The topological polar surface area (TPSA) is 38.3 Å². The first-order valence-electron chi connectivity index (χ1n) is 7.61. The monoisotopic (exact) mass is 317 g/mol. The fraction of sp³-hybridized carbons (Fsp3) is 0.278. The highest BCUT2D eigenvalue weighted by Crippen LogP contribution is 2.29. The molecule has 0 spiro atoms. The molecule has 0 radical (unpaired) electrons. The molecule has 1 aliphatic carbocycles. The average Bonchev–Trinajstić information content (AvgIpc) is 2.55. The lowest BCUT2D eigenvalue weighted by Crippen LogP contribution is -2.17. The van der Waals surface area contributed by atoms with Gasteiger partial charge in [-0.15, -0.1) is 0 Å². The fourth-order valence-corrected chi connectivity index (χ4v) is 2.94. The molecule has 3 nitrogen and oxygen atoms in total. The molecule has 2 aromatic carbocycles. The molecule has 0 saturated carbocycles. The highest BCUT2D eigenvalue weighted by Gasteiger charge is 2.18. The number of hydrogen-bond donors (Lipinski definition) is 1. The lowest BCUT2D eigenvalue weighted by atomic mass is 9.90. The van der Waals surface area contributed by atoms with Gasteiger partial charge in [-0.3, -0.25) is 4.79 Å². The van der Waals surface area contributed by atoms with E-state index in [0.717, 1.165) is 36.9 Å². The Morgan fingerprint density at radius 1 is 1.04 bits per heavy atom. The Balaban J connectivity index is 1.86. The minimum Gasteiger partial charge on any atom is -0.434 e. The van der Waals surface area contributed by atoms with Gasteiger partial charge in [-0.1, -0.05) is 24.3 Å². The van der Waals surface area contributed by atoms with Gasteiger partial charge in [-0.05, 0) is 55.0 Å². The van der Waals surface area contributed by atoms with Crippen LogP contribution in [0.3, 0.4) is 0 Å². The molecule has 1 aliphatic rings. The number of halogens is 2. The van der Waals surface area contributed by atoms with E-state index < -0.39 is 12.5 Å². The summed E-state index contributed by atoms with van der Waals surface area (Å²) in [6.07, 6.45) is 4.16. The van der Waals surface area contributed by atoms with E-state index in [-0.39, 0.29) is 11.3 Å². The standard InChI is InChI=1S/C18H17F2NO2/c19-18(20)23-16-11-4-3-9-14(16)17(22)21-15-10-5-7-12-6-1-2-8-13(12)15/h3-5,7,9-11,18H,1-2,6,8H2,(H,21,22). The Bertz CT molecular complexity index is 716. The minimum atomic E-state index is -2.96. The first-order valence-corrected chi connectivity index (χ1v) is 7.61. The molecule has 0 saturated heterocycles. The molecule has 1 N–H and O–H groups in total. The van der Waals surface area contributed by atoms with Crippen LogP contribution in [0.4, 0.5) is 14.5 Å². The van der Waals surface area contributed by atoms with E-state index in [0.29, 0.717) is 0 Å². The number of ether oxygens (including phenoxy) is 1. The van der Waals surface area contributed by atoms with Gasteiger partial charge in [0.05, 0.1) is 5.56 Å². The van der Waals surface area contributed by atoms with Crippen LogP contribution in [0.15, 0.2) is 42.5 Å². The first-order chi connectivity index (χ1) is 11.1. The number of fused-ring (bicyclic) bond motifs is 1. The number of hydrogen-bond acceptors (Lipinski definition) is 2. The van der Waals surface area contributed by atoms with E-state index in [1.165, 1.54) is 17.7 Å². The summed E-state index contributed by atoms with van der Waals surface area (Å²) in [6.45, 7) is -2.96. The van der Waals surface area contributed by atoms with E-state index in [1.807, 2.05) is 12.1 Å². The second-order valence-corrected chi connectivity index (χ2v) is 5.48. The SMILES string of the molecule is O=C(Nc1cccc2c1CCCC2)c1ccccc1OC(F)F. The summed E-state index contributed by atoms with van der Waals surface area (Å²) in [7, 11) is 0. The molecule has 120 valence electrons. The molecule has 5 heteroatoms. The lowest BCUT2D eigenvalue weighted by Gasteiger charge is -2.20. The van der Waals surface area contributed by atoms with Gasteiger partial charge in [-0.2, -0.15) is 8.78 Å². The zero-order chi connectivity index (χ0) is 16.2. The molecule has 0 heterocycles. The highest BCUT2D eigenvalue weighted by atomic mass is 19.3. The van der Waals surface area contributed by atoms with Crippen molar-refractivity contribution in [1.29, 1.82) is 0 Å². The maximum atomic E-state index is 12.5. The zero-order valence-electron chi connectivity index (χ0n) is 12.5. The summed E-state index contributed by atoms with van der Waals surface area (Å²) in [6, 6.07) is 11.8. The number of alkyl halides is 2. The van der Waals surface area contributed by atoms with Crippen molar-refractivity contribution in [3.05, 3.63) is 59.2 Å². The molecule has 0 bridgehead atoms. The minimum absolute atomic E-state index is 0.0983. The number of benzene rings is 2. The number of para-hydroxylation sites is 1. The molecular formula is C18H17F2NO2. The lowest BCUT2D eigenvalue weighted by molar-refractivity contribution is -0.0501. The van der Waals surface area contributed by atoms with E-state index in [1.54, 1.807) is 12.1 Å². The third-order valence-electron chi connectivity index (χ3n) is 3.99. The number of carbonyl (C=O) groups excluding carboxylic acids is 1. The summed E-state index contributed by atoms with van der Waals surface area (Å²) in [5, 5.41) is 2.84. The third kappa shape index (κ3) is 3.50. The van der Waals surface area contributed by atoms with Crippen LogP contribution < -0.4 is 10.1 Å². The van der Waals surface area contributed by atoms with Crippen LogP contribution >= 0.6 is 0 Å². The number of carbonyl (C=O) groups is 1. The number of anilines is 1. The molecule has 0 fully saturated rings. The molecule has 3 rings (SSSR count). The molecule has 1 amide bonds. The second kappa shape index (κ2) is 6.77. The van der Waals surface area contributed by atoms with Crippen LogP contribution in [0, 0.1) is 0 Å². The average molecular weight is 317 g/mol. The Morgan fingerprint density at radius 2 is 1.83 bits per heavy atom. The van der Waals surface area contributed by atoms with E-state index in [4.69, 9.17) is 0 Å². The van der Waals surface area contributed by atoms with Gasteiger partial charge in [0.2, 0.25) is 0 Å². The zero-order valence-corrected chi connectivity index (χ0v) is 12.5. The molecule has 0 unspecified atom stereocenters. The first kappa shape index (κ1) is 15.5. The molecular weight excluding hydrogens is 300 g/mol. The smallest absolute Gasteiger partial charge is 0.387 e. The third-order valence-corrected chi connectivity index (χ3v) is 3.99. The van der Waals surface area contributed by atoms with E-state index in [2.05, 4.69) is 16.1 Å². The summed E-state index contributed by atoms with van der Waals surface area (Å²) in [4.78, 5) is 12.5. The van der Waals surface area contributed by atoms with Gasteiger partial charge >= 0.3 is 6.61 Å². The highest BCUT2D eigenvalue weighted by molar-refractivity contribution is 6.06. The van der Waals surface area contributed by atoms with Crippen molar-refractivity contribution in [2.75, 3.05) is 5.32 Å². The van der Waals surface area contributed by atoms with Gasteiger partial charge in [0, 0.05) is 5.69 Å². The number of aryl methyl sites for hydroxylation is 1. The molecule has 23 heavy (non-hydrogen) atoms. The predicted octanol–water partition coefficient (Wildman–Crippen LogP) is 4.42. The molecule has 0 aromatic heterocycles. The van der Waals surface area contributed by atoms with Crippen LogP contribution in [-0.2, 0) is 12.8 Å². The van der Waals surface area contributed by atoms with Crippen molar-refractivity contribution in [2.45, 2.75) is 32.3 Å². The summed E-state index contributed by atoms with van der Waals surface area (Å²) >= 11 is 0. The predicted molar refractivity (Wildman–Crippen MR) is 84.1 cm³/mol. The second-order valence-electron chi connectivity index (χ2n) is 5.48. The summed E-state index contributed by atoms with van der Waals surface area (Å²) < 4.78 is 29.3. The Hall–Kier alpha value is -2.43. The normalized spacial score (nSPS) is 13.5. The largest absolute Gasteiger partial charge is 0.434 e. The maximum absolute atomic E-state index is 12.5. The van der Waals surface area contributed by atoms with Crippen molar-refractivity contribution < 1.29 is 18.3 Å². The van der Waals surface area contributed by atoms with E-state index >= 15 is 0 Å². The van der Waals surface area contributed by atoms with Gasteiger partial charge in [-0.25, -0.2) is 0 Å². The number of nitrogens with one attached hydrogen (secondary N) is 1. The summed E-state index contributed by atoms with van der Waals surface area (Å²) in [5.41, 5.74) is 3.23. The van der Waals surface area contributed by atoms with E-state index in [9.17, 15) is 13.6 Å². The van der Waals surface area contributed by atoms with Gasteiger partial charge in [0.15, 0.2) is 0 Å². The van der Waals surface area contributed by atoms with Crippen molar-refractivity contribution >= 4 is 11.6 Å². The van der Waals surface area contributed by atoms with Gasteiger partial charge < -0.3 is 10.1 Å². The maximum Gasteiger partial charge on any atom is 0.387 e. The molecule has 0 aliphatic heterocycles. The van der Waals surface area contributed by atoms with Crippen molar-refractivity contribution in [2.24, 2.45) is 0 Å². The van der Waals surface area contributed by atoms with Gasteiger partial charge in [0.25, 0.3) is 5.91 Å². The molecule has 0 atom stereocenters. The van der Waals surface area contributed by atoms with Crippen LogP contribution in [0.25, 0.3) is 0 Å². The summed E-state index contributed by atoms with van der Waals surface area (Å²) in [5.74, 6) is -0.565. The Morgan fingerprint density at radius 3 is 2.65 bits per heavy atom. The van der Waals surface area contributed by atoms with Crippen LogP contribution in [0.2, 0.25) is 0 Å². The van der Waals surface area contributed by atoms with Crippen LogP contribution in [0.5, 0.6) is 5.75 Å². The molecule has 2 aromatic rings. The number of amides is 1. The quantitative estimate of drug-likeness (QED) is 0.906. The van der Waals surface area contributed by atoms with Gasteiger partial charge in [0.1, 0.15) is 5.75 Å².